The minimum Gasteiger partial charge on any atom is -0.374 e. The van der Waals surface area contributed by atoms with Crippen molar-refractivity contribution in [3.05, 3.63) is 24.0 Å². The molecule has 1 unspecified atom stereocenters. The van der Waals surface area contributed by atoms with Crippen LogP contribution in [0.3, 0.4) is 0 Å². The first-order valence-corrected chi connectivity index (χ1v) is 7.43. The van der Waals surface area contributed by atoms with E-state index >= 15 is 0 Å². The van der Waals surface area contributed by atoms with E-state index in [2.05, 4.69) is 9.71 Å². The molecule has 0 radical (unpaired) electrons. The molecular formula is C12H15N3O3S. The highest BCUT2D eigenvalue weighted by Crippen LogP contribution is 2.24. The Kier molecular flexibility index (Phi) is 3.85. The highest BCUT2D eigenvalue weighted by molar-refractivity contribution is 7.89. The number of rotatable bonds is 4. The minimum absolute atomic E-state index is 0.0492. The first-order chi connectivity index (χ1) is 8.95. The molecule has 7 heteroatoms. The Bertz CT molecular complexity index is 584. The molecule has 0 spiro atoms. The van der Waals surface area contributed by atoms with Crippen molar-refractivity contribution in [2.75, 3.05) is 13.2 Å². The van der Waals surface area contributed by atoms with Crippen molar-refractivity contribution in [3.8, 4) is 6.07 Å². The summed E-state index contributed by atoms with van der Waals surface area (Å²) in [7, 11) is -3.61. The molecule has 1 N–H and O–H groups in total. The molecule has 2 rings (SSSR count). The Morgan fingerprint density at radius 3 is 2.89 bits per heavy atom. The van der Waals surface area contributed by atoms with Gasteiger partial charge in [-0.3, -0.25) is 0 Å². The topological polar surface area (TPSA) is 92.1 Å². The van der Waals surface area contributed by atoms with Gasteiger partial charge in [0.15, 0.2) is 0 Å². The molecule has 1 aromatic heterocycles. The third kappa shape index (κ3) is 3.29. The van der Waals surface area contributed by atoms with Crippen molar-refractivity contribution < 1.29 is 13.2 Å². The summed E-state index contributed by atoms with van der Waals surface area (Å²) in [5, 5.41) is 8.62. The summed E-state index contributed by atoms with van der Waals surface area (Å²) in [6, 6.07) is 4.59. The van der Waals surface area contributed by atoms with Gasteiger partial charge in [-0.15, -0.1) is 0 Å². The van der Waals surface area contributed by atoms with E-state index in [-0.39, 0.29) is 17.1 Å². The summed E-state index contributed by atoms with van der Waals surface area (Å²) in [4.78, 5) is 3.80. The van der Waals surface area contributed by atoms with Gasteiger partial charge in [-0.25, -0.2) is 18.1 Å². The summed E-state index contributed by atoms with van der Waals surface area (Å²) in [6.07, 6.45) is 2.95. The molecule has 0 bridgehead atoms. The average molecular weight is 281 g/mol. The smallest absolute Gasteiger partial charge is 0.242 e. The second kappa shape index (κ2) is 5.25. The van der Waals surface area contributed by atoms with Gasteiger partial charge in [0.05, 0.1) is 5.60 Å². The number of nitrogens with one attached hydrogen (secondary N) is 1. The van der Waals surface area contributed by atoms with E-state index in [1.54, 1.807) is 0 Å². The molecule has 0 amide bonds. The Hall–Kier alpha value is -1.49. The van der Waals surface area contributed by atoms with Gasteiger partial charge in [-0.05, 0) is 31.9 Å². The van der Waals surface area contributed by atoms with Crippen LogP contribution in [0.4, 0.5) is 0 Å². The SMILES string of the molecule is CC1(CNS(=O)(=O)c2ccc(C#N)nc2)CCCO1. The molecule has 1 aromatic rings. The number of nitriles is 1. The van der Waals surface area contributed by atoms with Crippen molar-refractivity contribution in [2.45, 2.75) is 30.3 Å². The summed E-state index contributed by atoms with van der Waals surface area (Å²) in [6.45, 7) is 2.78. The molecule has 0 aliphatic carbocycles. The molecule has 1 aliphatic heterocycles. The molecular weight excluding hydrogens is 266 g/mol. The van der Waals surface area contributed by atoms with Crippen molar-refractivity contribution in [3.63, 3.8) is 0 Å². The van der Waals surface area contributed by atoms with Crippen LogP contribution in [0.2, 0.25) is 0 Å². The van der Waals surface area contributed by atoms with Crippen LogP contribution in [0.15, 0.2) is 23.2 Å². The first-order valence-electron chi connectivity index (χ1n) is 5.95. The van der Waals surface area contributed by atoms with E-state index in [1.165, 1.54) is 18.3 Å². The van der Waals surface area contributed by atoms with Crippen LogP contribution in [0.25, 0.3) is 0 Å². The molecule has 102 valence electrons. The molecule has 1 saturated heterocycles. The average Bonchev–Trinajstić information content (AvgIpc) is 2.84. The first kappa shape index (κ1) is 13.9. The minimum atomic E-state index is -3.61. The Morgan fingerprint density at radius 1 is 1.58 bits per heavy atom. The van der Waals surface area contributed by atoms with Gasteiger partial charge < -0.3 is 4.74 Å². The fourth-order valence-corrected chi connectivity index (χ4v) is 3.01. The van der Waals surface area contributed by atoms with Crippen molar-refractivity contribution in [1.82, 2.24) is 9.71 Å². The van der Waals surface area contributed by atoms with Gasteiger partial charge >= 0.3 is 0 Å². The zero-order chi connectivity index (χ0) is 13.9. The second-order valence-corrected chi connectivity index (χ2v) is 6.48. The van der Waals surface area contributed by atoms with E-state index in [0.29, 0.717) is 6.61 Å². The molecule has 2 heterocycles. The van der Waals surface area contributed by atoms with E-state index in [1.807, 2.05) is 13.0 Å². The number of nitrogens with zero attached hydrogens (tertiary/aromatic N) is 2. The molecule has 1 atom stereocenters. The van der Waals surface area contributed by atoms with Gasteiger partial charge in [-0.1, -0.05) is 0 Å². The maximum absolute atomic E-state index is 12.0. The summed E-state index contributed by atoms with van der Waals surface area (Å²) < 4.78 is 32.1. The maximum atomic E-state index is 12.0. The van der Waals surface area contributed by atoms with Crippen LogP contribution in [0, 0.1) is 11.3 Å². The van der Waals surface area contributed by atoms with E-state index in [4.69, 9.17) is 10.00 Å². The predicted octanol–water partition coefficient (Wildman–Crippen LogP) is 0.801. The monoisotopic (exact) mass is 281 g/mol. The molecule has 1 aliphatic rings. The quantitative estimate of drug-likeness (QED) is 0.881. The lowest BCUT2D eigenvalue weighted by Gasteiger charge is -2.23. The summed E-state index contributed by atoms with van der Waals surface area (Å²) in [5.41, 5.74) is -0.252. The van der Waals surface area contributed by atoms with Gasteiger partial charge in [0.25, 0.3) is 0 Å². The van der Waals surface area contributed by atoms with Crippen LogP contribution >= 0.6 is 0 Å². The highest BCUT2D eigenvalue weighted by Gasteiger charge is 2.31. The normalized spacial score (nSPS) is 23.2. The van der Waals surface area contributed by atoms with Crippen molar-refractivity contribution in [1.29, 1.82) is 5.26 Å². The molecule has 19 heavy (non-hydrogen) atoms. The number of hydrogen-bond donors (Lipinski definition) is 1. The zero-order valence-corrected chi connectivity index (χ0v) is 11.4. The van der Waals surface area contributed by atoms with Gasteiger partial charge in [0.2, 0.25) is 10.0 Å². The second-order valence-electron chi connectivity index (χ2n) is 4.72. The van der Waals surface area contributed by atoms with Crippen molar-refractivity contribution in [2.24, 2.45) is 0 Å². The van der Waals surface area contributed by atoms with E-state index in [0.717, 1.165) is 12.8 Å². The van der Waals surface area contributed by atoms with Gasteiger partial charge in [-0.2, -0.15) is 5.26 Å². The maximum Gasteiger partial charge on any atom is 0.242 e. The lowest BCUT2D eigenvalue weighted by molar-refractivity contribution is 0.0250. The van der Waals surface area contributed by atoms with E-state index < -0.39 is 15.6 Å². The standard InChI is InChI=1S/C12H15N3O3S/c1-12(5-2-6-18-12)9-15-19(16,17)11-4-3-10(7-13)14-8-11/h3-4,8,15H,2,5-6,9H2,1H3. The van der Waals surface area contributed by atoms with Crippen LogP contribution in [-0.2, 0) is 14.8 Å². The van der Waals surface area contributed by atoms with E-state index in [9.17, 15) is 8.42 Å². The number of aromatic nitrogens is 1. The fourth-order valence-electron chi connectivity index (χ4n) is 1.91. The fraction of sp³-hybridized carbons (Fsp3) is 0.500. The Morgan fingerprint density at radius 2 is 2.37 bits per heavy atom. The molecule has 0 saturated carbocycles. The number of pyridine rings is 1. The number of sulfonamides is 1. The third-order valence-electron chi connectivity index (χ3n) is 3.10. The van der Waals surface area contributed by atoms with Crippen LogP contribution < -0.4 is 4.72 Å². The third-order valence-corrected chi connectivity index (χ3v) is 4.48. The highest BCUT2D eigenvalue weighted by atomic mass is 32.2. The summed E-state index contributed by atoms with van der Waals surface area (Å²) in [5.74, 6) is 0. The Labute approximate surface area is 112 Å². The predicted molar refractivity (Wildman–Crippen MR) is 67.7 cm³/mol. The zero-order valence-electron chi connectivity index (χ0n) is 10.6. The van der Waals surface area contributed by atoms with Crippen molar-refractivity contribution >= 4 is 10.0 Å². The number of hydrogen-bond acceptors (Lipinski definition) is 5. The molecule has 1 fully saturated rings. The van der Waals surface area contributed by atoms with Crippen LogP contribution in [-0.4, -0.2) is 32.2 Å². The van der Waals surface area contributed by atoms with Crippen LogP contribution in [0.1, 0.15) is 25.5 Å². The van der Waals surface area contributed by atoms with Gasteiger partial charge in [0.1, 0.15) is 16.7 Å². The van der Waals surface area contributed by atoms with Gasteiger partial charge in [0, 0.05) is 19.3 Å². The summed E-state index contributed by atoms with van der Waals surface area (Å²) >= 11 is 0. The lowest BCUT2D eigenvalue weighted by atomic mass is 10.0. The Balaban J connectivity index is 2.07. The van der Waals surface area contributed by atoms with Crippen LogP contribution in [0.5, 0.6) is 0 Å². The largest absolute Gasteiger partial charge is 0.374 e. The molecule has 6 nitrogen and oxygen atoms in total. The lowest BCUT2D eigenvalue weighted by Crippen LogP contribution is -2.40. The molecule has 0 aromatic carbocycles. The number of ether oxygens (including phenoxy) is 1.